The van der Waals surface area contributed by atoms with Crippen LogP contribution < -0.4 is 10.1 Å². The summed E-state index contributed by atoms with van der Waals surface area (Å²) in [7, 11) is 0. The minimum absolute atomic E-state index is 0.168. The van der Waals surface area contributed by atoms with Gasteiger partial charge in [-0.2, -0.15) is 0 Å². The molecule has 182 valence electrons. The quantitative estimate of drug-likeness (QED) is 0.246. The molecule has 0 saturated heterocycles. The number of carbonyl (C=O) groups excluding carboxylic acids is 1. The van der Waals surface area contributed by atoms with E-state index in [1.165, 1.54) is 11.1 Å². The van der Waals surface area contributed by atoms with Gasteiger partial charge in [-0.25, -0.2) is 4.98 Å². The van der Waals surface area contributed by atoms with Gasteiger partial charge in [0.05, 0.1) is 24.2 Å². The maximum absolute atomic E-state index is 12.6. The van der Waals surface area contributed by atoms with Crippen molar-refractivity contribution in [1.29, 1.82) is 0 Å². The van der Waals surface area contributed by atoms with Gasteiger partial charge < -0.3 is 14.6 Å². The van der Waals surface area contributed by atoms with E-state index in [4.69, 9.17) is 21.3 Å². The summed E-state index contributed by atoms with van der Waals surface area (Å²) in [6.45, 7) is 8.28. The molecule has 4 aromatic rings. The fourth-order valence-electron chi connectivity index (χ4n) is 4.20. The number of fused-ring (bicyclic) bond motifs is 1. The van der Waals surface area contributed by atoms with Gasteiger partial charge in [-0.3, -0.25) is 4.79 Å². The topological polar surface area (TPSA) is 56.1 Å². The summed E-state index contributed by atoms with van der Waals surface area (Å²) in [4.78, 5) is 17.4. The number of para-hydroxylation sites is 2. The normalized spacial score (nSPS) is 11.2. The summed E-state index contributed by atoms with van der Waals surface area (Å²) < 4.78 is 8.36. The average molecular weight is 490 g/mol. The van der Waals surface area contributed by atoms with Gasteiger partial charge in [0.25, 0.3) is 5.91 Å². The molecule has 1 amide bonds. The lowest BCUT2D eigenvalue weighted by atomic mass is 10.0. The number of nitrogens with zero attached hydrogens (tertiary/aromatic N) is 2. The van der Waals surface area contributed by atoms with E-state index in [9.17, 15) is 4.79 Å². The number of rotatable bonds is 10. The van der Waals surface area contributed by atoms with E-state index < -0.39 is 0 Å². The minimum atomic E-state index is -0.168. The van der Waals surface area contributed by atoms with Crippen LogP contribution in [0.1, 0.15) is 59.9 Å². The zero-order chi connectivity index (χ0) is 24.8. The highest BCUT2D eigenvalue weighted by atomic mass is 35.5. The van der Waals surface area contributed by atoms with Gasteiger partial charge in [0.2, 0.25) is 0 Å². The standard InChI is InChI=1S/C29H32ClN3O2/c1-20(2)24-14-13-21(3)17-27(24)35-16-7-6-15-33-26-12-5-4-11-25(26)32-28(33)19-31-29(34)22-9-8-10-23(30)18-22/h4-5,8-14,17-18,20H,6-7,15-16,19H2,1-3H3,(H,31,34). The van der Waals surface area contributed by atoms with Crippen molar-refractivity contribution in [2.24, 2.45) is 0 Å². The number of nitrogens with one attached hydrogen (secondary N) is 1. The van der Waals surface area contributed by atoms with Gasteiger partial charge >= 0.3 is 0 Å². The molecule has 6 heteroatoms. The van der Waals surface area contributed by atoms with Crippen LogP contribution in [0.3, 0.4) is 0 Å². The van der Waals surface area contributed by atoms with E-state index in [2.05, 4.69) is 54.9 Å². The molecule has 0 radical (unpaired) electrons. The highest BCUT2D eigenvalue weighted by molar-refractivity contribution is 6.30. The number of ether oxygens (including phenoxy) is 1. The lowest BCUT2D eigenvalue weighted by Crippen LogP contribution is -2.24. The number of aryl methyl sites for hydroxylation is 2. The third-order valence-electron chi connectivity index (χ3n) is 6.05. The van der Waals surface area contributed by atoms with Crippen molar-refractivity contribution in [3.63, 3.8) is 0 Å². The molecular weight excluding hydrogens is 458 g/mol. The first-order chi connectivity index (χ1) is 16.9. The number of benzene rings is 3. The van der Waals surface area contributed by atoms with Gasteiger partial charge in [-0.15, -0.1) is 0 Å². The molecule has 0 aliphatic carbocycles. The SMILES string of the molecule is Cc1ccc(C(C)C)c(OCCCCn2c(CNC(=O)c3cccc(Cl)c3)nc3ccccc32)c1. The maximum atomic E-state index is 12.6. The van der Waals surface area contributed by atoms with Crippen LogP contribution in [0, 0.1) is 6.92 Å². The summed E-state index contributed by atoms with van der Waals surface area (Å²) in [5.41, 5.74) is 4.99. The first-order valence-corrected chi connectivity index (χ1v) is 12.5. The molecular formula is C29H32ClN3O2. The number of aromatic nitrogens is 2. The second kappa shape index (κ2) is 11.4. The van der Waals surface area contributed by atoms with Gasteiger partial charge in [0.1, 0.15) is 11.6 Å². The molecule has 1 N–H and O–H groups in total. The first-order valence-electron chi connectivity index (χ1n) is 12.1. The predicted molar refractivity (Wildman–Crippen MR) is 142 cm³/mol. The van der Waals surface area contributed by atoms with Gasteiger partial charge in [0, 0.05) is 17.1 Å². The fourth-order valence-corrected chi connectivity index (χ4v) is 4.39. The average Bonchev–Trinajstić information content (AvgIpc) is 3.19. The number of hydrogen-bond acceptors (Lipinski definition) is 3. The molecule has 0 spiro atoms. The van der Waals surface area contributed by atoms with Crippen molar-refractivity contribution in [2.75, 3.05) is 6.61 Å². The summed E-state index contributed by atoms with van der Waals surface area (Å²) in [6.07, 6.45) is 1.87. The van der Waals surface area contributed by atoms with Crippen LogP contribution in [0.25, 0.3) is 11.0 Å². The van der Waals surface area contributed by atoms with Crippen LogP contribution in [0.2, 0.25) is 5.02 Å². The molecule has 1 heterocycles. The van der Waals surface area contributed by atoms with Crippen molar-refractivity contribution >= 4 is 28.5 Å². The molecule has 0 aliphatic heterocycles. The number of unbranched alkanes of at least 4 members (excludes halogenated alkanes) is 1. The van der Waals surface area contributed by atoms with Crippen LogP contribution in [0.4, 0.5) is 0 Å². The number of amides is 1. The van der Waals surface area contributed by atoms with Crippen LogP contribution in [-0.4, -0.2) is 22.1 Å². The highest BCUT2D eigenvalue weighted by Gasteiger charge is 2.13. The Morgan fingerprint density at radius 3 is 2.69 bits per heavy atom. The van der Waals surface area contributed by atoms with E-state index in [0.29, 0.717) is 29.7 Å². The summed E-state index contributed by atoms with van der Waals surface area (Å²) >= 11 is 6.03. The van der Waals surface area contributed by atoms with Crippen molar-refractivity contribution in [1.82, 2.24) is 14.9 Å². The largest absolute Gasteiger partial charge is 0.493 e. The molecule has 1 aromatic heterocycles. The minimum Gasteiger partial charge on any atom is -0.493 e. The molecule has 0 bridgehead atoms. The van der Waals surface area contributed by atoms with Crippen LogP contribution in [0.15, 0.2) is 66.7 Å². The Bertz CT molecular complexity index is 1310. The summed E-state index contributed by atoms with van der Waals surface area (Å²) in [5.74, 6) is 2.08. The Morgan fingerprint density at radius 2 is 1.89 bits per heavy atom. The Morgan fingerprint density at radius 1 is 1.06 bits per heavy atom. The number of imidazole rings is 1. The van der Waals surface area contributed by atoms with Crippen molar-refractivity contribution < 1.29 is 9.53 Å². The zero-order valence-electron chi connectivity index (χ0n) is 20.6. The summed E-state index contributed by atoms with van der Waals surface area (Å²) in [5, 5.41) is 3.52. The van der Waals surface area contributed by atoms with E-state index >= 15 is 0 Å². The Kier molecular flexibility index (Phi) is 8.09. The van der Waals surface area contributed by atoms with E-state index in [1.807, 2.05) is 18.2 Å². The monoisotopic (exact) mass is 489 g/mol. The molecule has 0 atom stereocenters. The zero-order valence-corrected chi connectivity index (χ0v) is 21.3. The smallest absolute Gasteiger partial charge is 0.251 e. The summed E-state index contributed by atoms with van der Waals surface area (Å²) in [6, 6.07) is 21.4. The Labute approximate surface area is 212 Å². The second-order valence-corrected chi connectivity index (χ2v) is 9.55. The van der Waals surface area contributed by atoms with Crippen LogP contribution >= 0.6 is 11.6 Å². The van der Waals surface area contributed by atoms with Gasteiger partial charge in [-0.1, -0.05) is 55.8 Å². The van der Waals surface area contributed by atoms with E-state index in [1.54, 1.807) is 24.3 Å². The molecule has 0 unspecified atom stereocenters. The number of hydrogen-bond donors (Lipinski definition) is 1. The third kappa shape index (κ3) is 6.23. The number of halogens is 1. The Hall–Kier alpha value is -3.31. The van der Waals surface area contributed by atoms with Gasteiger partial charge in [0.15, 0.2) is 0 Å². The Balaban J connectivity index is 1.39. The number of carbonyl (C=O) groups is 1. The van der Waals surface area contributed by atoms with Crippen LogP contribution in [0.5, 0.6) is 5.75 Å². The molecule has 3 aromatic carbocycles. The van der Waals surface area contributed by atoms with Crippen molar-refractivity contribution in [3.05, 3.63) is 94.3 Å². The van der Waals surface area contributed by atoms with E-state index in [0.717, 1.165) is 42.0 Å². The lowest BCUT2D eigenvalue weighted by Gasteiger charge is -2.15. The molecule has 5 nitrogen and oxygen atoms in total. The third-order valence-corrected chi connectivity index (χ3v) is 6.29. The lowest BCUT2D eigenvalue weighted by molar-refractivity contribution is 0.0949. The molecule has 35 heavy (non-hydrogen) atoms. The van der Waals surface area contributed by atoms with Gasteiger partial charge in [-0.05, 0) is 73.2 Å². The maximum Gasteiger partial charge on any atom is 0.251 e. The van der Waals surface area contributed by atoms with Crippen LogP contribution in [-0.2, 0) is 13.1 Å². The highest BCUT2D eigenvalue weighted by Crippen LogP contribution is 2.27. The molecule has 0 fully saturated rings. The second-order valence-electron chi connectivity index (χ2n) is 9.11. The van der Waals surface area contributed by atoms with E-state index in [-0.39, 0.29) is 5.91 Å². The molecule has 0 saturated carbocycles. The van der Waals surface area contributed by atoms with Crippen molar-refractivity contribution in [3.8, 4) is 5.75 Å². The molecule has 4 rings (SSSR count). The van der Waals surface area contributed by atoms with Crippen molar-refractivity contribution in [2.45, 2.75) is 52.6 Å². The predicted octanol–water partition coefficient (Wildman–Crippen LogP) is 6.91. The molecule has 0 aliphatic rings. The first kappa shape index (κ1) is 24.8. The fraction of sp³-hybridized carbons (Fsp3) is 0.310.